The normalized spacial score (nSPS) is 15.1. The van der Waals surface area contributed by atoms with Crippen LogP contribution >= 0.6 is 0 Å². The minimum Gasteiger partial charge on any atom is -0.490 e. The van der Waals surface area contributed by atoms with Crippen molar-refractivity contribution < 1.29 is 18.7 Å². The molecule has 0 spiro atoms. The van der Waals surface area contributed by atoms with Gasteiger partial charge in [-0.05, 0) is 29.8 Å². The van der Waals surface area contributed by atoms with Crippen molar-refractivity contribution in [2.24, 2.45) is 0 Å². The second kappa shape index (κ2) is 7.81. The van der Waals surface area contributed by atoms with E-state index >= 15 is 0 Å². The van der Waals surface area contributed by atoms with Gasteiger partial charge in [-0.3, -0.25) is 0 Å². The van der Waals surface area contributed by atoms with Gasteiger partial charge in [0.2, 0.25) is 0 Å². The van der Waals surface area contributed by atoms with Crippen LogP contribution in [0.3, 0.4) is 0 Å². The zero-order valence-corrected chi connectivity index (χ0v) is 13.4. The van der Waals surface area contributed by atoms with Gasteiger partial charge in [0.15, 0.2) is 0 Å². The molecule has 0 aromatic heterocycles. The van der Waals surface area contributed by atoms with Crippen LogP contribution in [0, 0.1) is 5.82 Å². The Morgan fingerprint density at radius 2 is 1.71 bits per heavy atom. The zero-order valence-electron chi connectivity index (χ0n) is 13.4. The molecule has 2 aromatic rings. The van der Waals surface area contributed by atoms with Crippen molar-refractivity contribution in [3.63, 3.8) is 0 Å². The Morgan fingerprint density at radius 1 is 1.04 bits per heavy atom. The quantitative estimate of drug-likeness (QED) is 0.851. The van der Waals surface area contributed by atoms with Gasteiger partial charge < -0.3 is 14.4 Å². The maximum Gasteiger partial charge on any atom is 0.410 e. The lowest BCUT2D eigenvalue weighted by Crippen LogP contribution is -2.42. The summed E-state index contributed by atoms with van der Waals surface area (Å²) in [5, 5.41) is 0. The number of benzene rings is 2. The van der Waals surface area contributed by atoms with E-state index in [2.05, 4.69) is 0 Å². The first kappa shape index (κ1) is 16.3. The molecule has 1 saturated heterocycles. The topological polar surface area (TPSA) is 38.8 Å². The molecule has 24 heavy (non-hydrogen) atoms. The highest BCUT2D eigenvalue weighted by Crippen LogP contribution is 2.20. The molecule has 0 unspecified atom stereocenters. The average Bonchev–Trinajstić information content (AvgIpc) is 2.63. The number of carbonyl (C=O) groups is 1. The summed E-state index contributed by atoms with van der Waals surface area (Å²) < 4.78 is 24.0. The van der Waals surface area contributed by atoms with E-state index in [4.69, 9.17) is 9.47 Å². The number of nitrogens with zero attached hydrogens (tertiary/aromatic N) is 1. The second-order valence-corrected chi connectivity index (χ2v) is 5.80. The predicted octanol–water partition coefficient (Wildman–Crippen LogP) is 4.01. The third-order valence-corrected chi connectivity index (χ3v) is 4.02. The Morgan fingerprint density at radius 3 is 2.38 bits per heavy atom. The van der Waals surface area contributed by atoms with Crippen molar-refractivity contribution >= 4 is 6.09 Å². The SMILES string of the molecule is O=C(OCc1ccccc1)N1CCC(Oc2ccc(F)cc2)CC1. The molecule has 1 amide bonds. The van der Waals surface area contributed by atoms with E-state index in [9.17, 15) is 9.18 Å². The molecule has 0 bridgehead atoms. The van der Waals surface area contributed by atoms with Crippen LogP contribution in [-0.2, 0) is 11.3 Å². The minimum absolute atomic E-state index is 0.0358. The van der Waals surface area contributed by atoms with Gasteiger partial charge in [0, 0.05) is 25.9 Å². The van der Waals surface area contributed by atoms with Crippen LogP contribution in [-0.4, -0.2) is 30.2 Å². The molecule has 0 radical (unpaired) electrons. The zero-order chi connectivity index (χ0) is 16.8. The molecule has 1 fully saturated rings. The van der Waals surface area contributed by atoms with Crippen LogP contribution in [0.4, 0.5) is 9.18 Å². The van der Waals surface area contributed by atoms with E-state index in [1.165, 1.54) is 12.1 Å². The third-order valence-electron chi connectivity index (χ3n) is 4.02. The van der Waals surface area contributed by atoms with E-state index in [1.54, 1.807) is 17.0 Å². The molecule has 0 saturated carbocycles. The Labute approximate surface area is 140 Å². The molecule has 0 atom stereocenters. The Kier molecular flexibility index (Phi) is 5.31. The molecule has 4 nitrogen and oxygen atoms in total. The second-order valence-electron chi connectivity index (χ2n) is 5.80. The summed E-state index contributed by atoms with van der Waals surface area (Å²) in [7, 11) is 0. The summed E-state index contributed by atoms with van der Waals surface area (Å²) in [6.07, 6.45) is 1.21. The highest BCUT2D eigenvalue weighted by molar-refractivity contribution is 5.67. The van der Waals surface area contributed by atoms with Crippen LogP contribution in [0.25, 0.3) is 0 Å². The fourth-order valence-electron chi connectivity index (χ4n) is 2.67. The van der Waals surface area contributed by atoms with Gasteiger partial charge in [-0.1, -0.05) is 30.3 Å². The van der Waals surface area contributed by atoms with Crippen LogP contribution in [0.2, 0.25) is 0 Å². The number of halogens is 1. The predicted molar refractivity (Wildman–Crippen MR) is 88.3 cm³/mol. The van der Waals surface area contributed by atoms with Crippen molar-refractivity contribution in [2.75, 3.05) is 13.1 Å². The van der Waals surface area contributed by atoms with Crippen LogP contribution in [0.15, 0.2) is 54.6 Å². The molecule has 1 aliphatic heterocycles. The van der Waals surface area contributed by atoms with Gasteiger partial charge in [-0.25, -0.2) is 9.18 Å². The number of likely N-dealkylation sites (tertiary alicyclic amines) is 1. The van der Waals surface area contributed by atoms with Crippen molar-refractivity contribution in [3.05, 3.63) is 66.0 Å². The number of carbonyl (C=O) groups excluding carboxylic acids is 1. The van der Waals surface area contributed by atoms with Crippen molar-refractivity contribution in [1.29, 1.82) is 0 Å². The van der Waals surface area contributed by atoms with E-state index in [1.807, 2.05) is 30.3 Å². The molecular weight excluding hydrogens is 309 g/mol. The Bertz CT molecular complexity index is 652. The van der Waals surface area contributed by atoms with Gasteiger partial charge in [0.25, 0.3) is 0 Å². The molecule has 2 aromatic carbocycles. The Balaban J connectivity index is 1.42. The maximum absolute atomic E-state index is 12.9. The first-order valence-electron chi connectivity index (χ1n) is 8.08. The van der Waals surface area contributed by atoms with Gasteiger partial charge >= 0.3 is 6.09 Å². The van der Waals surface area contributed by atoms with E-state index < -0.39 is 0 Å². The highest BCUT2D eigenvalue weighted by Gasteiger charge is 2.24. The summed E-state index contributed by atoms with van der Waals surface area (Å²) in [6, 6.07) is 15.6. The lowest BCUT2D eigenvalue weighted by atomic mass is 10.1. The van der Waals surface area contributed by atoms with Crippen LogP contribution in [0.1, 0.15) is 18.4 Å². The molecule has 5 heteroatoms. The largest absolute Gasteiger partial charge is 0.490 e. The van der Waals surface area contributed by atoms with Crippen molar-refractivity contribution in [3.8, 4) is 5.75 Å². The summed E-state index contributed by atoms with van der Waals surface area (Å²) in [5.74, 6) is 0.375. The molecule has 3 rings (SSSR count). The number of hydrogen-bond donors (Lipinski definition) is 0. The Hall–Kier alpha value is -2.56. The maximum atomic E-state index is 12.9. The summed E-state index contributed by atoms with van der Waals surface area (Å²) >= 11 is 0. The number of rotatable bonds is 4. The molecule has 0 aliphatic carbocycles. The van der Waals surface area contributed by atoms with E-state index in [0.29, 0.717) is 18.8 Å². The fourth-order valence-corrected chi connectivity index (χ4v) is 2.67. The first-order valence-corrected chi connectivity index (χ1v) is 8.08. The summed E-state index contributed by atoms with van der Waals surface area (Å²) in [6.45, 7) is 1.48. The molecule has 1 heterocycles. The smallest absolute Gasteiger partial charge is 0.410 e. The van der Waals surface area contributed by atoms with Gasteiger partial charge in [0.1, 0.15) is 24.3 Å². The summed E-state index contributed by atoms with van der Waals surface area (Å²) in [4.78, 5) is 13.8. The first-order chi connectivity index (χ1) is 11.7. The standard InChI is InChI=1S/C19H20FNO3/c20-16-6-8-17(9-7-16)24-18-10-12-21(13-11-18)19(22)23-14-15-4-2-1-3-5-15/h1-9,18H,10-14H2. The lowest BCUT2D eigenvalue weighted by molar-refractivity contribution is 0.0638. The third kappa shape index (κ3) is 4.47. The number of amides is 1. The lowest BCUT2D eigenvalue weighted by Gasteiger charge is -2.31. The van der Waals surface area contributed by atoms with Crippen molar-refractivity contribution in [2.45, 2.75) is 25.6 Å². The number of hydrogen-bond acceptors (Lipinski definition) is 3. The van der Waals surface area contributed by atoms with Crippen molar-refractivity contribution in [1.82, 2.24) is 4.90 Å². The fraction of sp³-hybridized carbons (Fsp3) is 0.316. The molecule has 0 N–H and O–H groups in total. The average molecular weight is 329 g/mol. The van der Waals surface area contributed by atoms with E-state index in [-0.39, 0.29) is 24.6 Å². The highest BCUT2D eigenvalue weighted by atomic mass is 19.1. The van der Waals surface area contributed by atoms with Gasteiger partial charge in [-0.2, -0.15) is 0 Å². The summed E-state index contributed by atoms with van der Waals surface area (Å²) in [5.41, 5.74) is 0.973. The van der Waals surface area contributed by atoms with Gasteiger partial charge in [0.05, 0.1) is 0 Å². The van der Waals surface area contributed by atoms with Crippen LogP contribution in [0.5, 0.6) is 5.75 Å². The number of ether oxygens (including phenoxy) is 2. The van der Waals surface area contributed by atoms with E-state index in [0.717, 1.165) is 18.4 Å². The molecule has 1 aliphatic rings. The molecular formula is C19H20FNO3. The minimum atomic E-state index is -0.293. The van der Waals surface area contributed by atoms with Crippen LogP contribution < -0.4 is 4.74 Å². The molecule has 126 valence electrons. The number of piperidine rings is 1. The monoisotopic (exact) mass is 329 g/mol. The van der Waals surface area contributed by atoms with Gasteiger partial charge in [-0.15, -0.1) is 0 Å².